The van der Waals surface area contributed by atoms with Crippen molar-refractivity contribution in [3.05, 3.63) is 35.9 Å². The molecule has 1 atom stereocenters. The number of aryl methyl sites for hydroxylation is 1. The summed E-state index contributed by atoms with van der Waals surface area (Å²) < 4.78 is 0. The van der Waals surface area contributed by atoms with Crippen molar-refractivity contribution in [2.45, 2.75) is 25.9 Å². The van der Waals surface area contributed by atoms with Crippen LogP contribution in [-0.2, 0) is 6.42 Å². The van der Waals surface area contributed by atoms with Crippen LogP contribution in [0.5, 0.6) is 0 Å². The SMILES string of the molecule is CNC1=NC(C)N=C(NCCCc2ccccc2)N1. The number of benzene rings is 1. The van der Waals surface area contributed by atoms with Crippen LogP contribution in [0.3, 0.4) is 0 Å². The summed E-state index contributed by atoms with van der Waals surface area (Å²) in [5.74, 6) is 1.55. The number of hydrogen-bond acceptors (Lipinski definition) is 5. The van der Waals surface area contributed by atoms with Gasteiger partial charge in [0.25, 0.3) is 0 Å². The van der Waals surface area contributed by atoms with Gasteiger partial charge >= 0.3 is 0 Å². The smallest absolute Gasteiger partial charge is 0.200 e. The fourth-order valence-corrected chi connectivity index (χ4v) is 1.94. The maximum Gasteiger partial charge on any atom is 0.200 e. The predicted octanol–water partition coefficient (Wildman–Crippen LogP) is 1.09. The van der Waals surface area contributed by atoms with Gasteiger partial charge in [0.2, 0.25) is 0 Å². The van der Waals surface area contributed by atoms with E-state index >= 15 is 0 Å². The lowest BCUT2D eigenvalue weighted by molar-refractivity contribution is 0.711. The first-order valence-corrected chi connectivity index (χ1v) is 6.66. The van der Waals surface area contributed by atoms with Crippen LogP contribution in [0, 0.1) is 0 Å². The minimum Gasteiger partial charge on any atom is -0.359 e. The second-order valence-electron chi connectivity index (χ2n) is 4.48. The van der Waals surface area contributed by atoms with E-state index in [2.05, 4.69) is 50.2 Å². The molecule has 0 amide bonds. The third kappa shape index (κ3) is 4.28. The van der Waals surface area contributed by atoms with Gasteiger partial charge < -0.3 is 10.6 Å². The van der Waals surface area contributed by atoms with E-state index in [0.717, 1.165) is 31.3 Å². The lowest BCUT2D eigenvalue weighted by Gasteiger charge is -2.19. The standard InChI is InChI=1S/C14H21N5/c1-11-17-13(15-2)19-14(18-11)16-10-6-9-12-7-4-3-5-8-12/h3-5,7-8,11H,6,9-10H2,1-2H3,(H3,15,16,17,18,19). The van der Waals surface area contributed by atoms with Crippen molar-refractivity contribution in [1.29, 1.82) is 0 Å². The molecule has 5 heteroatoms. The van der Waals surface area contributed by atoms with Gasteiger partial charge in [-0.05, 0) is 25.3 Å². The van der Waals surface area contributed by atoms with Crippen molar-refractivity contribution >= 4 is 11.9 Å². The molecule has 1 aliphatic rings. The van der Waals surface area contributed by atoms with E-state index in [4.69, 9.17) is 0 Å². The molecule has 1 aliphatic heterocycles. The van der Waals surface area contributed by atoms with Gasteiger partial charge in [-0.2, -0.15) is 0 Å². The first-order valence-electron chi connectivity index (χ1n) is 6.66. The van der Waals surface area contributed by atoms with E-state index in [1.807, 2.05) is 20.0 Å². The maximum absolute atomic E-state index is 4.39. The molecule has 5 nitrogen and oxygen atoms in total. The van der Waals surface area contributed by atoms with E-state index in [-0.39, 0.29) is 6.17 Å². The summed E-state index contributed by atoms with van der Waals surface area (Å²) in [6, 6.07) is 10.5. The monoisotopic (exact) mass is 259 g/mol. The number of rotatable bonds is 4. The third-order valence-electron chi connectivity index (χ3n) is 2.88. The van der Waals surface area contributed by atoms with Crippen LogP contribution < -0.4 is 16.0 Å². The highest BCUT2D eigenvalue weighted by Crippen LogP contribution is 2.01. The molecule has 1 aromatic carbocycles. The number of aliphatic imine (C=N–C) groups is 2. The van der Waals surface area contributed by atoms with Crippen LogP contribution in [0.25, 0.3) is 0 Å². The molecule has 2 rings (SSSR count). The zero-order valence-corrected chi connectivity index (χ0v) is 11.5. The van der Waals surface area contributed by atoms with Crippen LogP contribution in [0.2, 0.25) is 0 Å². The van der Waals surface area contributed by atoms with Crippen molar-refractivity contribution in [3.8, 4) is 0 Å². The summed E-state index contributed by atoms with van der Waals surface area (Å²) in [7, 11) is 1.84. The van der Waals surface area contributed by atoms with Gasteiger partial charge in [0.1, 0.15) is 6.17 Å². The average molecular weight is 259 g/mol. The summed E-state index contributed by atoms with van der Waals surface area (Å²) in [6.07, 6.45) is 2.11. The van der Waals surface area contributed by atoms with Crippen molar-refractivity contribution < 1.29 is 0 Å². The van der Waals surface area contributed by atoms with E-state index < -0.39 is 0 Å². The minimum absolute atomic E-state index is 0.0414. The van der Waals surface area contributed by atoms with Crippen LogP contribution in [-0.4, -0.2) is 31.7 Å². The number of nitrogens with zero attached hydrogens (tertiary/aromatic N) is 2. The molecule has 0 radical (unpaired) electrons. The Bertz CT molecular complexity index is 452. The Labute approximate surface area is 114 Å². The van der Waals surface area contributed by atoms with E-state index in [1.165, 1.54) is 5.56 Å². The van der Waals surface area contributed by atoms with E-state index in [1.54, 1.807) is 0 Å². The van der Waals surface area contributed by atoms with Gasteiger partial charge in [-0.1, -0.05) is 30.3 Å². The summed E-state index contributed by atoms with van der Waals surface area (Å²) >= 11 is 0. The molecule has 0 saturated carbocycles. The quantitative estimate of drug-likeness (QED) is 0.709. The predicted molar refractivity (Wildman–Crippen MR) is 79.3 cm³/mol. The van der Waals surface area contributed by atoms with Crippen LogP contribution in [0.4, 0.5) is 0 Å². The average Bonchev–Trinajstić information content (AvgIpc) is 2.44. The van der Waals surface area contributed by atoms with Crippen molar-refractivity contribution in [3.63, 3.8) is 0 Å². The van der Waals surface area contributed by atoms with Gasteiger partial charge in [0, 0.05) is 13.6 Å². The molecule has 1 heterocycles. The lowest BCUT2D eigenvalue weighted by atomic mass is 10.1. The van der Waals surface area contributed by atoms with E-state index in [9.17, 15) is 0 Å². The topological polar surface area (TPSA) is 60.8 Å². The Kier molecular flexibility index (Phi) is 4.78. The molecule has 3 N–H and O–H groups in total. The first-order chi connectivity index (χ1) is 9.28. The zero-order valence-electron chi connectivity index (χ0n) is 11.5. The van der Waals surface area contributed by atoms with Crippen LogP contribution in [0.1, 0.15) is 18.9 Å². The van der Waals surface area contributed by atoms with Crippen molar-refractivity contribution in [2.75, 3.05) is 13.6 Å². The van der Waals surface area contributed by atoms with Crippen molar-refractivity contribution in [2.24, 2.45) is 9.98 Å². The lowest BCUT2D eigenvalue weighted by Crippen LogP contribution is -2.49. The summed E-state index contributed by atoms with van der Waals surface area (Å²) in [6.45, 7) is 2.86. The highest BCUT2D eigenvalue weighted by Gasteiger charge is 2.10. The van der Waals surface area contributed by atoms with Gasteiger partial charge in [-0.3, -0.25) is 5.32 Å². The highest BCUT2D eigenvalue weighted by atomic mass is 15.3. The fourth-order valence-electron chi connectivity index (χ4n) is 1.94. The maximum atomic E-state index is 4.39. The molecule has 0 saturated heterocycles. The third-order valence-corrected chi connectivity index (χ3v) is 2.88. The van der Waals surface area contributed by atoms with Gasteiger partial charge in [-0.25, -0.2) is 9.98 Å². The van der Waals surface area contributed by atoms with Gasteiger partial charge in [-0.15, -0.1) is 0 Å². The molecule has 1 aromatic rings. The number of nitrogens with one attached hydrogen (secondary N) is 3. The molecule has 19 heavy (non-hydrogen) atoms. The largest absolute Gasteiger partial charge is 0.359 e. The molecule has 0 aliphatic carbocycles. The van der Waals surface area contributed by atoms with Gasteiger partial charge in [0.15, 0.2) is 11.9 Å². The molecular weight excluding hydrogens is 238 g/mol. The normalized spacial score (nSPS) is 18.1. The summed E-state index contributed by atoms with van der Waals surface area (Å²) in [5.41, 5.74) is 1.37. The number of hydrogen-bond donors (Lipinski definition) is 3. The van der Waals surface area contributed by atoms with Crippen LogP contribution in [0.15, 0.2) is 40.3 Å². The molecule has 0 spiro atoms. The number of guanidine groups is 2. The van der Waals surface area contributed by atoms with Crippen molar-refractivity contribution in [1.82, 2.24) is 16.0 Å². The first kappa shape index (κ1) is 13.4. The Morgan fingerprint density at radius 1 is 1.16 bits per heavy atom. The highest BCUT2D eigenvalue weighted by molar-refractivity contribution is 5.99. The van der Waals surface area contributed by atoms with Crippen LogP contribution >= 0.6 is 0 Å². The van der Waals surface area contributed by atoms with Gasteiger partial charge in [0.05, 0.1) is 0 Å². The molecular formula is C14H21N5. The molecule has 0 aromatic heterocycles. The molecule has 1 unspecified atom stereocenters. The molecule has 0 bridgehead atoms. The Hall–Kier alpha value is -2.04. The zero-order chi connectivity index (χ0) is 13.5. The second-order valence-corrected chi connectivity index (χ2v) is 4.48. The van der Waals surface area contributed by atoms with E-state index in [0.29, 0.717) is 0 Å². The molecule has 0 fully saturated rings. The second kappa shape index (κ2) is 6.78. The fraction of sp³-hybridized carbons (Fsp3) is 0.429. The Morgan fingerprint density at radius 3 is 2.63 bits per heavy atom. The minimum atomic E-state index is -0.0414. The molecule has 102 valence electrons. The summed E-state index contributed by atoms with van der Waals surface area (Å²) in [5, 5.41) is 9.41. The Balaban J connectivity index is 1.72. The Morgan fingerprint density at radius 2 is 1.89 bits per heavy atom. The summed E-state index contributed by atoms with van der Waals surface area (Å²) in [4.78, 5) is 8.69.